The van der Waals surface area contributed by atoms with E-state index >= 15 is 0 Å². The first-order valence-corrected chi connectivity index (χ1v) is 7.10. The molecule has 0 saturated heterocycles. The minimum atomic E-state index is -0.113. The van der Waals surface area contributed by atoms with Crippen LogP contribution in [0.15, 0.2) is 65.7 Å². The van der Waals surface area contributed by atoms with Crippen molar-refractivity contribution in [3.63, 3.8) is 0 Å². The van der Waals surface area contributed by atoms with E-state index in [9.17, 15) is 4.79 Å². The topological polar surface area (TPSA) is 78.5 Å². The fraction of sp³-hybridized carbons (Fsp3) is 0.0625. The van der Waals surface area contributed by atoms with Gasteiger partial charge in [-0.25, -0.2) is 4.98 Å². The van der Waals surface area contributed by atoms with Crippen molar-refractivity contribution in [1.29, 1.82) is 0 Å². The molecule has 0 aliphatic carbocycles. The van der Waals surface area contributed by atoms with Gasteiger partial charge in [0.1, 0.15) is 0 Å². The molecule has 0 fully saturated rings. The number of aromatic nitrogens is 6. The van der Waals surface area contributed by atoms with Crippen LogP contribution in [-0.4, -0.2) is 29.8 Å². The smallest absolute Gasteiger partial charge is 0.261 e. The van der Waals surface area contributed by atoms with Crippen molar-refractivity contribution in [1.82, 2.24) is 29.8 Å². The van der Waals surface area contributed by atoms with Gasteiger partial charge in [-0.1, -0.05) is 30.3 Å². The summed E-state index contributed by atoms with van der Waals surface area (Å²) in [5.74, 6) is 0.565. The number of para-hydroxylation sites is 2. The molecule has 4 rings (SSSR count). The third-order valence-corrected chi connectivity index (χ3v) is 3.58. The van der Waals surface area contributed by atoms with Crippen LogP contribution in [0.2, 0.25) is 0 Å². The molecule has 0 N–H and O–H groups in total. The standard InChI is InChI=1S/C16H12N6O/c23-16-13-8-4-5-9-14(13)17-11-21(16)10-15-18-19-20-22(15)12-6-2-1-3-7-12/h1-9,11H,10H2. The number of hydrogen-bond donors (Lipinski definition) is 0. The fourth-order valence-corrected chi connectivity index (χ4v) is 2.45. The van der Waals surface area contributed by atoms with E-state index in [4.69, 9.17) is 0 Å². The van der Waals surface area contributed by atoms with Crippen molar-refractivity contribution >= 4 is 10.9 Å². The summed E-state index contributed by atoms with van der Waals surface area (Å²) in [7, 11) is 0. The third kappa shape index (κ3) is 2.38. The van der Waals surface area contributed by atoms with Gasteiger partial charge in [0.05, 0.1) is 29.5 Å². The van der Waals surface area contributed by atoms with Gasteiger partial charge >= 0.3 is 0 Å². The summed E-state index contributed by atoms with van der Waals surface area (Å²) >= 11 is 0. The quantitative estimate of drug-likeness (QED) is 0.572. The van der Waals surface area contributed by atoms with E-state index in [1.54, 1.807) is 10.7 Å². The monoisotopic (exact) mass is 304 g/mol. The van der Waals surface area contributed by atoms with E-state index in [1.165, 1.54) is 10.9 Å². The molecule has 0 aliphatic rings. The van der Waals surface area contributed by atoms with Crippen LogP contribution in [0.4, 0.5) is 0 Å². The average molecular weight is 304 g/mol. The second-order valence-corrected chi connectivity index (χ2v) is 5.04. The largest absolute Gasteiger partial charge is 0.291 e. The van der Waals surface area contributed by atoms with E-state index in [-0.39, 0.29) is 12.1 Å². The molecule has 0 radical (unpaired) electrons. The van der Waals surface area contributed by atoms with Gasteiger partial charge in [-0.3, -0.25) is 9.36 Å². The Bertz CT molecular complexity index is 1020. The van der Waals surface area contributed by atoms with Gasteiger partial charge in [0.25, 0.3) is 5.56 Å². The number of benzene rings is 2. The third-order valence-electron chi connectivity index (χ3n) is 3.58. The summed E-state index contributed by atoms with van der Waals surface area (Å²) < 4.78 is 3.12. The maximum absolute atomic E-state index is 12.5. The highest BCUT2D eigenvalue weighted by Crippen LogP contribution is 2.09. The second-order valence-electron chi connectivity index (χ2n) is 5.04. The van der Waals surface area contributed by atoms with Gasteiger partial charge in [0.15, 0.2) is 5.82 Å². The molecule has 2 aromatic heterocycles. The molecule has 0 saturated carbocycles. The van der Waals surface area contributed by atoms with Crippen LogP contribution in [0, 0.1) is 0 Å². The zero-order valence-corrected chi connectivity index (χ0v) is 12.1. The summed E-state index contributed by atoms with van der Waals surface area (Å²) in [4.78, 5) is 16.9. The lowest BCUT2D eigenvalue weighted by Crippen LogP contribution is -2.22. The van der Waals surface area contributed by atoms with Crippen LogP contribution >= 0.6 is 0 Å². The van der Waals surface area contributed by atoms with Gasteiger partial charge in [0, 0.05) is 0 Å². The molecular formula is C16H12N6O. The van der Waals surface area contributed by atoms with Crippen molar-refractivity contribution in [2.24, 2.45) is 0 Å². The number of hydrogen-bond acceptors (Lipinski definition) is 5. The Balaban J connectivity index is 1.77. The maximum atomic E-state index is 12.5. The summed E-state index contributed by atoms with van der Waals surface area (Å²) in [5.41, 5.74) is 1.41. The van der Waals surface area contributed by atoms with Gasteiger partial charge in [-0.2, -0.15) is 4.68 Å². The lowest BCUT2D eigenvalue weighted by Gasteiger charge is -2.07. The Morgan fingerprint density at radius 3 is 2.61 bits per heavy atom. The highest BCUT2D eigenvalue weighted by atomic mass is 16.1. The predicted octanol–water partition coefficient (Wildman–Crippen LogP) is 1.42. The highest BCUT2D eigenvalue weighted by Gasteiger charge is 2.11. The number of tetrazole rings is 1. The Kier molecular flexibility index (Phi) is 3.16. The predicted molar refractivity (Wildman–Crippen MR) is 84.3 cm³/mol. The Morgan fingerprint density at radius 2 is 1.74 bits per heavy atom. The average Bonchev–Trinajstić information content (AvgIpc) is 3.07. The van der Waals surface area contributed by atoms with E-state index in [0.29, 0.717) is 16.7 Å². The molecule has 0 spiro atoms. The summed E-state index contributed by atoms with van der Waals surface area (Å²) in [6, 6.07) is 16.8. The van der Waals surface area contributed by atoms with Crippen LogP contribution in [0.25, 0.3) is 16.6 Å². The van der Waals surface area contributed by atoms with E-state index < -0.39 is 0 Å². The van der Waals surface area contributed by atoms with Crippen molar-refractivity contribution in [2.75, 3.05) is 0 Å². The molecule has 23 heavy (non-hydrogen) atoms. The van der Waals surface area contributed by atoms with Crippen LogP contribution < -0.4 is 5.56 Å². The van der Waals surface area contributed by atoms with Gasteiger partial charge in [0.2, 0.25) is 0 Å². The summed E-state index contributed by atoms with van der Waals surface area (Å²) in [5, 5.41) is 12.3. The van der Waals surface area contributed by atoms with Gasteiger partial charge < -0.3 is 0 Å². The minimum absolute atomic E-state index is 0.113. The number of nitrogens with zero attached hydrogens (tertiary/aromatic N) is 6. The van der Waals surface area contributed by atoms with E-state index in [2.05, 4.69) is 20.5 Å². The molecule has 2 aromatic carbocycles. The normalized spacial score (nSPS) is 11.0. The molecule has 0 unspecified atom stereocenters. The molecule has 0 amide bonds. The van der Waals surface area contributed by atoms with Crippen molar-refractivity contribution in [2.45, 2.75) is 6.54 Å². The molecule has 112 valence electrons. The Morgan fingerprint density at radius 1 is 0.957 bits per heavy atom. The zero-order valence-electron chi connectivity index (χ0n) is 12.1. The zero-order chi connectivity index (χ0) is 15.6. The van der Waals surface area contributed by atoms with Crippen LogP contribution in [-0.2, 0) is 6.54 Å². The SMILES string of the molecule is O=c1c2ccccc2ncn1Cc1nnnn1-c1ccccc1. The Labute approximate surface area is 130 Å². The number of fused-ring (bicyclic) bond motifs is 1. The minimum Gasteiger partial charge on any atom is -0.291 e. The molecule has 7 nitrogen and oxygen atoms in total. The van der Waals surface area contributed by atoms with Crippen LogP contribution in [0.3, 0.4) is 0 Å². The van der Waals surface area contributed by atoms with Crippen LogP contribution in [0.1, 0.15) is 5.82 Å². The van der Waals surface area contributed by atoms with Crippen LogP contribution in [0.5, 0.6) is 0 Å². The molecule has 4 aromatic rings. The van der Waals surface area contributed by atoms with E-state index in [1.807, 2.05) is 48.5 Å². The molecule has 0 aliphatic heterocycles. The van der Waals surface area contributed by atoms with Crippen molar-refractivity contribution < 1.29 is 0 Å². The Hall–Kier alpha value is -3.35. The molecule has 2 heterocycles. The lowest BCUT2D eigenvalue weighted by atomic mass is 10.2. The van der Waals surface area contributed by atoms with Gasteiger partial charge in [-0.05, 0) is 34.7 Å². The number of rotatable bonds is 3. The van der Waals surface area contributed by atoms with Crippen molar-refractivity contribution in [3.05, 3.63) is 77.1 Å². The maximum Gasteiger partial charge on any atom is 0.261 e. The first-order chi connectivity index (χ1) is 11.3. The summed E-state index contributed by atoms with van der Waals surface area (Å²) in [6.45, 7) is 0.249. The second kappa shape index (κ2) is 5.45. The fourth-order valence-electron chi connectivity index (χ4n) is 2.45. The lowest BCUT2D eigenvalue weighted by molar-refractivity contribution is 0.675. The molecule has 0 bridgehead atoms. The molecule has 0 atom stereocenters. The molecular weight excluding hydrogens is 292 g/mol. The highest BCUT2D eigenvalue weighted by molar-refractivity contribution is 5.76. The first kappa shape index (κ1) is 13.3. The van der Waals surface area contributed by atoms with Gasteiger partial charge in [-0.15, -0.1) is 5.10 Å². The van der Waals surface area contributed by atoms with Crippen molar-refractivity contribution in [3.8, 4) is 5.69 Å². The first-order valence-electron chi connectivity index (χ1n) is 7.10. The summed E-state index contributed by atoms with van der Waals surface area (Å²) in [6.07, 6.45) is 1.52. The molecule has 7 heteroatoms. The van der Waals surface area contributed by atoms with E-state index in [0.717, 1.165) is 5.69 Å².